The van der Waals surface area contributed by atoms with E-state index in [1.807, 2.05) is 0 Å². The molecule has 1 unspecified atom stereocenters. The molecule has 0 fully saturated rings. The van der Waals surface area contributed by atoms with Crippen LogP contribution in [0, 0.1) is 0 Å². The first-order chi connectivity index (χ1) is 9.83. The molecule has 1 aromatic carbocycles. The Morgan fingerprint density at radius 3 is 2.95 bits per heavy atom. The summed E-state index contributed by atoms with van der Waals surface area (Å²) in [7, 11) is 0. The molecule has 2 aliphatic carbocycles. The number of benzene rings is 1. The van der Waals surface area contributed by atoms with Crippen molar-refractivity contribution in [1.29, 1.82) is 0 Å². The summed E-state index contributed by atoms with van der Waals surface area (Å²) < 4.78 is 0. The van der Waals surface area contributed by atoms with Crippen molar-refractivity contribution in [3.8, 4) is 0 Å². The van der Waals surface area contributed by atoms with Crippen molar-refractivity contribution in [2.75, 3.05) is 5.73 Å². The van der Waals surface area contributed by atoms with E-state index in [1.54, 1.807) is 28.0 Å². The smallest absolute Gasteiger partial charge is 0.180 e. The molecule has 3 heteroatoms. The number of nitrogens with two attached hydrogens (primary N) is 1. The van der Waals surface area contributed by atoms with Crippen LogP contribution in [0.2, 0.25) is 0 Å². The molecule has 2 N–H and O–H groups in total. The first-order valence-electron chi connectivity index (χ1n) is 7.68. The Bertz CT molecular complexity index is 644. The highest BCUT2D eigenvalue weighted by Gasteiger charge is 2.28. The Morgan fingerprint density at radius 1 is 1.10 bits per heavy atom. The summed E-state index contributed by atoms with van der Waals surface area (Å²) in [6.45, 7) is 0. The summed E-state index contributed by atoms with van der Waals surface area (Å²) in [5.74, 6) is 0.543. The number of nitrogen functional groups attached to an aromatic ring is 1. The Labute approximate surface area is 124 Å². The normalized spacial score (nSPS) is 21.3. The second-order valence-corrected chi connectivity index (χ2v) is 7.06. The summed E-state index contributed by atoms with van der Waals surface area (Å²) in [4.78, 5) is 5.97. The topological polar surface area (TPSA) is 38.9 Å². The van der Waals surface area contributed by atoms with Crippen molar-refractivity contribution in [1.82, 2.24) is 4.98 Å². The Kier molecular flexibility index (Phi) is 3.03. The van der Waals surface area contributed by atoms with Gasteiger partial charge in [-0.25, -0.2) is 4.98 Å². The van der Waals surface area contributed by atoms with Crippen LogP contribution in [-0.4, -0.2) is 4.98 Å². The van der Waals surface area contributed by atoms with Gasteiger partial charge < -0.3 is 5.73 Å². The van der Waals surface area contributed by atoms with E-state index in [0.29, 0.717) is 5.92 Å². The van der Waals surface area contributed by atoms with Crippen molar-refractivity contribution in [2.24, 2.45) is 0 Å². The van der Waals surface area contributed by atoms with Crippen LogP contribution in [0.25, 0.3) is 0 Å². The molecule has 1 aromatic heterocycles. The molecule has 0 aliphatic heterocycles. The third-order valence-corrected chi connectivity index (χ3v) is 5.82. The fourth-order valence-corrected chi connectivity index (χ4v) is 4.91. The molecule has 0 spiro atoms. The van der Waals surface area contributed by atoms with E-state index < -0.39 is 0 Å². The van der Waals surface area contributed by atoms with Gasteiger partial charge >= 0.3 is 0 Å². The average molecular weight is 284 g/mol. The predicted octanol–water partition coefficient (Wildman–Crippen LogP) is 4.07. The molecule has 0 amide bonds. The zero-order valence-electron chi connectivity index (χ0n) is 11.7. The highest BCUT2D eigenvalue weighted by molar-refractivity contribution is 7.15. The average Bonchev–Trinajstić information content (AvgIpc) is 2.87. The molecule has 1 heterocycles. The SMILES string of the molecule is Nc1nc2c(s1)C(c1cccc3c1CCCC3)CCC2. The number of hydrogen-bond acceptors (Lipinski definition) is 3. The summed E-state index contributed by atoms with van der Waals surface area (Å²) in [6, 6.07) is 6.92. The van der Waals surface area contributed by atoms with Gasteiger partial charge in [0.25, 0.3) is 0 Å². The highest BCUT2D eigenvalue weighted by atomic mass is 32.1. The van der Waals surface area contributed by atoms with Gasteiger partial charge in [0.1, 0.15) is 0 Å². The molecule has 2 aliphatic rings. The van der Waals surface area contributed by atoms with Crippen LogP contribution >= 0.6 is 11.3 Å². The molecule has 20 heavy (non-hydrogen) atoms. The van der Waals surface area contributed by atoms with Crippen molar-refractivity contribution < 1.29 is 0 Å². The zero-order chi connectivity index (χ0) is 13.5. The van der Waals surface area contributed by atoms with Crippen molar-refractivity contribution in [2.45, 2.75) is 50.9 Å². The first-order valence-corrected chi connectivity index (χ1v) is 8.50. The van der Waals surface area contributed by atoms with Crippen LogP contribution in [0.15, 0.2) is 18.2 Å². The standard InChI is InChI=1S/C17H20N2S/c18-17-19-15-10-4-9-14(16(15)20-17)13-8-3-6-11-5-1-2-7-12(11)13/h3,6,8,14H,1-2,4-5,7,9-10H2,(H2,18,19). The third-order valence-electron chi connectivity index (χ3n) is 4.77. The van der Waals surface area contributed by atoms with E-state index in [0.717, 1.165) is 11.6 Å². The zero-order valence-corrected chi connectivity index (χ0v) is 12.5. The van der Waals surface area contributed by atoms with E-state index in [-0.39, 0.29) is 0 Å². The number of rotatable bonds is 1. The lowest BCUT2D eigenvalue weighted by molar-refractivity contribution is 0.602. The monoisotopic (exact) mass is 284 g/mol. The third kappa shape index (κ3) is 1.96. The number of fused-ring (bicyclic) bond motifs is 2. The van der Waals surface area contributed by atoms with Crippen LogP contribution in [0.4, 0.5) is 5.13 Å². The molecule has 1 atom stereocenters. The van der Waals surface area contributed by atoms with Gasteiger partial charge in [0.15, 0.2) is 5.13 Å². The van der Waals surface area contributed by atoms with Crippen molar-refractivity contribution in [3.05, 3.63) is 45.5 Å². The Balaban J connectivity index is 1.82. The van der Waals surface area contributed by atoms with Crippen LogP contribution in [-0.2, 0) is 19.3 Å². The van der Waals surface area contributed by atoms with Gasteiger partial charge in [0.05, 0.1) is 5.69 Å². The van der Waals surface area contributed by atoms with Gasteiger partial charge in [-0.15, -0.1) is 11.3 Å². The first kappa shape index (κ1) is 12.4. The molecular formula is C17H20N2S. The maximum atomic E-state index is 5.94. The second kappa shape index (κ2) is 4.88. The Morgan fingerprint density at radius 2 is 2.00 bits per heavy atom. The van der Waals surface area contributed by atoms with E-state index in [9.17, 15) is 0 Å². The lowest BCUT2D eigenvalue weighted by atomic mass is 9.79. The number of anilines is 1. The molecule has 0 saturated heterocycles. The number of hydrogen-bond donors (Lipinski definition) is 1. The fourth-order valence-electron chi connectivity index (χ4n) is 3.87. The minimum atomic E-state index is 0.543. The van der Waals surface area contributed by atoms with Crippen molar-refractivity contribution in [3.63, 3.8) is 0 Å². The largest absolute Gasteiger partial charge is 0.375 e. The minimum absolute atomic E-state index is 0.543. The summed E-state index contributed by atoms with van der Waals surface area (Å²) in [5.41, 5.74) is 12.0. The van der Waals surface area contributed by atoms with Gasteiger partial charge in [0.2, 0.25) is 0 Å². The number of nitrogens with zero attached hydrogens (tertiary/aromatic N) is 1. The van der Waals surface area contributed by atoms with Crippen LogP contribution in [0.5, 0.6) is 0 Å². The number of aryl methyl sites for hydroxylation is 2. The lowest BCUT2D eigenvalue weighted by Crippen LogP contribution is -2.14. The van der Waals surface area contributed by atoms with E-state index >= 15 is 0 Å². The van der Waals surface area contributed by atoms with Gasteiger partial charge in [-0.2, -0.15) is 0 Å². The summed E-state index contributed by atoms with van der Waals surface area (Å²) >= 11 is 1.71. The number of aromatic nitrogens is 1. The Hall–Kier alpha value is -1.35. The van der Waals surface area contributed by atoms with Crippen LogP contribution in [0.3, 0.4) is 0 Å². The molecular weight excluding hydrogens is 264 g/mol. The van der Waals surface area contributed by atoms with E-state index in [2.05, 4.69) is 23.2 Å². The van der Waals surface area contributed by atoms with Crippen LogP contribution in [0.1, 0.15) is 58.9 Å². The maximum Gasteiger partial charge on any atom is 0.180 e. The maximum absolute atomic E-state index is 5.94. The molecule has 0 bridgehead atoms. The van der Waals surface area contributed by atoms with E-state index in [4.69, 9.17) is 5.73 Å². The quantitative estimate of drug-likeness (QED) is 0.857. The second-order valence-electron chi connectivity index (χ2n) is 6.00. The van der Waals surface area contributed by atoms with Gasteiger partial charge in [0, 0.05) is 10.8 Å². The molecule has 104 valence electrons. The highest BCUT2D eigenvalue weighted by Crippen LogP contribution is 2.43. The molecule has 4 rings (SSSR count). The molecule has 0 saturated carbocycles. The summed E-state index contributed by atoms with van der Waals surface area (Å²) in [6.07, 6.45) is 8.80. The fraction of sp³-hybridized carbons (Fsp3) is 0.471. The summed E-state index contributed by atoms with van der Waals surface area (Å²) in [5, 5.41) is 0.742. The number of thiazole rings is 1. The van der Waals surface area contributed by atoms with Crippen molar-refractivity contribution >= 4 is 16.5 Å². The van der Waals surface area contributed by atoms with Gasteiger partial charge in [-0.1, -0.05) is 18.2 Å². The molecule has 0 radical (unpaired) electrons. The minimum Gasteiger partial charge on any atom is -0.375 e. The lowest BCUT2D eigenvalue weighted by Gasteiger charge is -2.27. The molecule has 2 nitrogen and oxygen atoms in total. The van der Waals surface area contributed by atoms with Gasteiger partial charge in [-0.3, -0.25) is 0 Å². The molecule has 2 aromatic rings. The predicted molar refractivity (Wildman–Crippen MR) is 84.4 cm³/mol. The van der Waals surface area contributed by atoms with E-state index in [1.165, 1.54) is 49.1 Å². The van der Waals surface area contributed by atoms with Gasteiger partial charge in [-0.05, 0) is 61.6 Å². The van der Waals surface area contributed by atoms with Crippen LogP contribution < -0.4 is 5.73 Å².